The normalized spacial score (nSPS) is 17.3. The number of nitrogens with zero attached hydrogens (tertiary/aromatic N) is 7. The number of anilines is 3. The Hall–Kier alpha value is -3.23. The maximum Gasteiger partial charge on any atom is 0.228 e. The summed E-state index contributed by atoms with van der Waals surface area (Å²) in [5.74, 6) is 1.82. The highest BCUT2D eigenvalue weighted by molar-refractivity contribution is 5.93. The van der Waals surface area contributed by atoms with Crippen LogP contribution in [0.3, 0.4) is 0 Å². The molecule has 0 radical (unpaired) electrons. The van der Waals surface area contributed by atoms with Gasteiger partial charge in [0.1, 0.15) is 18.0 Å². The minimum absolute atomic E-state index is 0.0847. The lowest BCUT2D eigenvalue weighted by Gasteiger charge is -2.36. The monoisotopic (exact) mass is 364 g/mol. The zero-order valence-corrected chi connectivity index (χ0v) is 14.8. The molecule has 4 heterocycles. The van der Waals surface area contributed by atoms with Gasteiger partial charge in [-0.05, 0) is 37.1 Å². The molecule has 3 aromatic rings. The Bertz CT molecular complexity index is 957. The Kier molecular flexibility index (Phi) is 3.84. The summed E-state index contributed by atoms with van der Waals surface area (Å²) in [5, 5.41) is 15.3. The van der Waals surface area contributed by atoms with Crippen molar-refractivity contribution < 1.29 is 4.79 Å². The van der Waals surface area contributed by atoms with E-state index in [0.29, 0.717) is 5.82 Å². The fourth-order valence-electron chi connectivity index (χ4n) is 3.30. The predicted molar refractivity (Wildman–Crippen MR) is 101 cm³/mol. The predicted octanol–water partition coefficient (Wildman–Crippen LogP) is 1.19. The topological polar surface area (TPSA) is 91.6 Å². The van der Waals surface area contributed by atoms with Crippen molar-refractivity contribution in [2.75, 3.05) is 41.3 Å². The number of carbonyl (C=O) groups excluding carboxylic acids is 1. The van der Waals surface area contributed by atoms with Gasteiger partial charge >= 0.3 is 0 Å². The van der Waals surface area contributed by atoms with Gasteiger partial charge in [0.2, 0.25) is 5.91 Å². The first kappa shape index (κ1) is 16.0. The average molecular weight is 364 g/mol. The number of pyridine rings is 1. The minimum Gasteiger partial charge on any atom is -0.367 e. The van der Waals surface area contributed by atoms with E-state index >= 15 is 0 Å². The van der Waals surface area contributed by atoms with Gasteiger partial charge in [0.15, 0.2) is 5.65 Å². The molecule has 9 heteroatoms. The zero-order chi connectivity index (χ0) is 18.2. The number of aromatic nitrogens is 5. The number of nitrogens with one attached hydrogen (secondary N) is 1. The highest BCUT2D eigenvalue weighted by Gasteiger charge is 2.29. The summed E-state index contributed by atoms with van der Waals surface area (Å²) in [6.07, 6.45) is 5.44. The number of carbonyl (C=O) groups is 1. The van der Waals surface area contributed by atoms with Crippen LogP contribution in [0.4, 0.5) is 17.3 Å². The van der Waals surface area contributed by atoms with Crippen LogP contribution in [-0.4, -0.2) is 56.9 Å². The molecule has 2 fully saturated rings. The Morgan fingerprint density at radius 1 is 1.04 bits per heavy atom. The first-order valence-corrected chi connectivity index (χ1v) is 9.20. The Labute approximate surface area is 156 Å². The van der Waals surface area contributed by atoms with Crippen LogP contribution in [0.2, 0.25) is 0 Å². The van der Waals surface area contributed by atoms with Crippen LogP contribution in [0.1, 0.15) is 12.8 Å². The third-order valence-corrected chi connectivity index (χ3v) is 5.06. The molecule has 138 valence electrons. The number of amides is 1. The minimum atomic E-state index is 0.0847. The summed E-state index contributed by atoms with van der Waals surface area (Å²) in [4.78, 5) is 20.8. The lowest BCUT2D eigenvalue weighted by atomic mass is 10.2. The summed E-state index contributed by atoms with van der Waals surface area (Å²) >= 11 is 0. The quantitative estimate of drug-likeness (QED) is 0.743. The van der Waals surface area contributed by atoms with Crippen LogP contribution in [0.25, 0.3) is 5.65 Å². The van der Waals surface area contributed by atoms with Crippen LogP contribution in [0.5, 0.6) is 0 Å². The molecule has 27 heavy (non-hydrogen) atoms. The maximum atomic E-state index is 11.8. The summed E-state index contributed by atoms with van der Waals surface area (Å²) in [5.41, 5.74) is 1.82. The smallest absolute Gasteiger partial charge is 0.228 e. The van der Waals surface area contributed by atoms with Crippen molar-refractivity contribution in [1.29, 1.82) is 0 Å². The summed E-state index contributed by atoms with van der Waals surface area (Å²) < 4.78 is 1.69. The molecule has 0 unspecified atom stereocenters. The van der Waals surface area contributed by atoms with Crippen molar-refractivity contribution in [2.45, 2.75) is 12.8 Å². The van der Waals surface area contributed by atoms with Crippen LogP contribution < -0.4 is 15.1 Å². The SMILES string of the molecule is O=C(Nc1ccc(N2CCN(c3ccc4nncn4n3)CC2)cn1)C1CC1. The number of hydrogen-bond donors (Lipinski definition) is 1. The molecule has 1 aliphatic carbocycles. The number of fused-ring (bicyclic) bond motifs is 1. The van der Waals surface area contributed by atoms with Gasteiger partial charge in [0.05, 0.1) is 11.9 Å². The number of rotatable bonds is 4. The summed E-state index contributed by atoms with van der Waals surface area (Å²) in [7, 11) is 0. The molecular formula is C18H20N8O. The number of hydrogen-bond acceptors (Lipinski definition) is 7. The molecule has 0 bridgehead atoms. The molecule has 0 aromatic carbocycles. The van der Waals surface area contributed by atoms with Gasteiger partial charge in [0.25, 0.3) is 0 Å². The first-order chi connectivity index (χ1) is 13.3. The molecule has 0 spiro atoms. The highest BCUT2D eigenvalue weighted by atomic mass is 16.2. The van der Waals surface area contributed by atoms with E-state index in [1.807, 2.05) is 30.5 Å². The standard InChI is InChI=1S/C18H20N8O/c27-18(13-1-2-13)21-15-4-3-14(11-19-15)24-7-9-25(10-8-24)17-6-5-16-22-20-12-26(16)23-17/h3-6,11-13H,1-2,7-10H2,(H,19,21,27). The first-order valence-electron chi connectivity index (χ1n) is 9.20. The van der Waals surface area contributed by atoms with E-state index in [-0.39, 0.29) is 11.8 Å². The van der Waals surface area contributed by atoms with E-state index in [0.717, 1.165) is 56.2 Å². The second kappa shape index (κ2) is 6.49. The van der Waals surface area contributed by atoms with Crippen molar-refractivity contribution in [2.24, 2.45) is 5.92 Å². The Morgan fingerprint density at radius 3 is 2.59 bits per heavy atom. The van der Waals surface area contributed by atoms with Gasteiger partial charge in [-0.25, -0.2) is 4.98 Å². The molecule has 5 rings (SSSR count). The van der Waals surface area contributed by atoms with E-state index < -0.39 is 0 Å². The Balaban J connectivity index is 1.21. The summed E-state index contributed by atoms with van der Waals surface area (Å²) in [6, 6.07) is 7.81. The third kappa shape index (κ3) is 3.27. The summed E-state index contributed by atoms with van der Waals surface area (Å²) in [6.45, 7) is 3.52. The maximum absolute atomic E-state index is 11.8. The van der Waals surface area contributed by atoms with Crippen molar-refractivity contribution in [1.82, 2.24) is 24.8 Å². The molecule has 9 nitrogen and oxygen atoms in total. The number of piperazine rings is 1. The van der Waals surface area contributed by atoms with E-state index in [1.165, 1.54) is 0 Å². The van der Waals surface area contributed by atoms with Crippen molar-refractivity contribution >= 4 is 28.9 Å². The molecule has 2 aliphatic rings. The fourth-order valence-corrected chi connectivity index (χ4v) is 3.30. The average Bonchev–Trinajstić information content (AvgIpc) is 3.46. The second-order valence-electron chi connectivity index (χ2n) is 6.96. The van der Waals surface area contributed by atoms with Crippen LogP contribution >= 0.6 is 0 Å². The molecule has 0 atom stereocenters. The van der Waals surface area contributed by atoms with E-state index in [1.54, 1.807) is 10.8 Å². The van der Waals surface area contributed by atoms with Crippen LogP contribution in [0.15, 0.2) is 36.8 Å². The Morgan fingerprint density at radius 2 is 1.85 bits per heavy atom. The van der Waals surface area contributed by atoms with Gasteiger partial charge in [-0.3, -0.25) is 4.79 Å². The molecule has 1 amide bonds. The third-order valence-electron chi connectivity index (χ3n) is 5.06. The van der Waals surface area contributed by atoms with E-state index in [9.17, 15) is 4.79 Å². The zero-order valence-electron chi connectivity index (χ0n) is 14.8. The highest BCUT2D eigenvalue weighted by Crippen LogP contribution is 2.30. The lowest BCUT2D eigenvalue weighted by molar-refractivity contribution is -0.117. The van der Waals surface area contributed by atoms with Gasteiger partial charge in [0, 0.05) is 32.1 Å². The van der Waals surface area contributed by atoms with Crippen LogP contribution in [-0.2, 0) is 4.79 Å². The van der Waals surface area contributed by atoms with Crippen molar-refractivity contribution in [3.63, 3.8) is 0 Å². The molecule has 1 saturated heterocycles. The molecule has 1 aliphatic heterocycles. The molecule has 3 aromatic heterocycles. The van der Waals surface area contributed by atoms with E-state index in [4.69, 9.17) is 0 Å². The van der Waals surface area contributed by atoms with Crippen LogP contribution in [0, 0.1) is 5.92 Å². The van der Waals surface area contributed by atoms with Gasteiger partial charge in [-0.1, -0.05) is 0 Å². The van der Waals surface area contributed by atoms with Crippen molar-refractivity contribution in [3.8, 4) is 0 Å². The largest absolute Gasteiger partial charge is 0.367 e. The second-order valence-corrected chi connectivity index (χ2v) is 6.96. The fraction of sp³-hybridized carbons (Fsp3) is 0.389. The van der Waals surface area contributed by atoms with E-state index in [2.05, 4.69) is 35.4 Å². The van der Waals surface area contributed by atoms with Gasteiger partial charge in [-0.15, -0.1) is 15.3 Å². The van der Waals surface area contributed by atoms with Gasteiger partial charge < -0.3 is 15.1 Å². The lowest BCUT2D eigenvalue weighted by Crippen LogP contribution is -2.47. The molecular weight excluding hydrogens is 344 g/mol. The van der Waals surface area contributed by atoms with Gasteiger partial charge in [-0.2, -0.15) is 4.52 Å². The van der Waals surface area contributed by atoms with Crippen molar-refractivity contribution in [3.05, 3.63) is 36.8 Å². The molecule has 1 N–H and O–H groups in total. The molecule has 1 saturated carbocycles.